The van der Waals surface area contributed by atoms with Gasteiger partial charge in [0.2, 0.25) is 0 Å². The molecule has 2 N–H and O–H groups in total. The molecule has 1 aromatic heterocycles. The van der Waals surface area contributed by atoms with Crippen molar-refractivity contribution in [1.82, 2.24) is 9.78 Å². The predicted octanol–water partition coefficient (Wildman–Crippen LogP) is 1.52. The SMILES string of the molecule is CCn1nc(N)c2c1CCC2(F)F. The van der Waals surface area contributed by atoms with Gasteiger partial charge in [-0.3, -0.25) is 4.68 Å². The van der Waals surface area contributed by atoms with Crippen molar-refractivity contribution < 1.29 is 8.78 Å². The lowest BCUT2D eigenvalue weighted by molar-refractivity contribution is -0.00122. The molecule has 0 unspecified atom stereocenters. The normalized spacial score (nSPS) is 19.0. The molecule has 72 valence electrons. The Kier molecular flexibility index (Phi) is 1.58. The number of nitrogens with zero attached hydrogens (tertiary/aromatic N) is 2. The number of nitrogen functional groups attached to an aromatic ring is 1. The number of hydrogen-bond donors (Lipinski definition) is 1. The number of alkyl halides is 2. The van der Waals surface area contributed by atoms with E-state index < -0.39 is 5.92 Å². The van der Waals surface area contributed by atoms with Crippen molar-refractivity contribution in [1.29, 1.82) is 0 Å². The largest absolute Gasteiger partial charge is 0.382 e. The number of nitrogens with two attached hydrogens (primary N) is 1. The fourth-order valence-electron chi connectivity index (χ4n) is 1.83. The van der Waals surface area contributed by atoms with Gasteiger partial charge in [-0.25, -0.2) is 8.78 Å². The molecule has 1 heterocycles. The van der Waals surface area contributed by atoms with Gasteiger partial charge in [0.05, 0.1) is 11.3 Å². The van der Waals surface area contributed by atoms with E-state index in [1.165, 1.54) is 0 Å². The molecule has 0 amide bonds. The van der Waals surface area contributed by atoms with Gasteiger partial charge in [0, 0.05) is 13.0 Å². The van der Waals surface area contributed by atoms with Gasteiger partial charge in [-0.15, -0.1) is 0 Å². The van der Waals surface area contributed by atoms with Crippen molar-refractivity contribution in [3.63, 3.8) is 0 Å². The van der Waals surface area contributed by atoms with Crippen LogP contribution in [0.2, 0.25) is 0 Å². The number of halogens is 2. The molecule has 0 aromatic carbocycles. The molecule has 1 aliphatic carbocycles. The number of anilines is 1. The molecule has 0 bridgehead atoms. The van der Waals surface area contributed by atoms with Gasteiger partial charge in [-0.05, 0) is 13.3 Å². The Hall–Kier alpha value is -1.13. The van der Waals surface area contributed by atoms with E-state index in [0.29, 0.717) is 18.7 Å². The average molecular weight is 187 g/mol. The van der Waals surface area contributed by atoms with Gasteiger partial charge < -0.3 is 5.73 Å². The van der Waals surface area contributed by atoms with Crippen LogP contribution in [0.4, 0.5) is 14.6 Å². The third kappa shape index (κ3) is 1.03. The van der Waals surface area contributed by atoms with Gasteiger partial charge in [0.1, 0.15) is 0 Å². The summed E-state index contributed by atoms with van der Waals surface area (Å²) in [6, 6.07) is 0. The molecule has 3 nitrogen and oxygen atoms in total. The third-order valence-corrected chi connectivity index (χ3v) is 2.43. The number of rotatable bonds is 1. The lowest BCUT2D eigenvalue weighted by atomic mass is 10.2. The highest BCUT2D eigenvalue weighted by Crippen LogP contribution is 2.44. The topological polar surface area (TPSA) is 43.8 Å². The van der Waals surface area contributed by atoms with E-state index in [0.717, 1.165) is 0 Å². The molecule has 0 atom stereocenters. The Morgan fingerprint density at radius 1 is 1.62 bits per heavy atom. The van der Waals surface area contributed by atoms with E-state index in [1.54, 1.807) is 4.68 Å². The second kappa shape index (κ2) is 2.43. The summed E-state index contributed by atoms with van der Waals surface area (Å²) in [6.07, 6.45) is 0.241. The van der Waals surface area contributed by atoms with Crippen molar-refractivity contribution >= 4 is 5.82 Å². The molecule has 1 aliphatic rings. The molecule has 0 saturated heterocycles. The Labute approximate surface area is 74.5 Å². The molecule has 13 heavy (non-hydrogen) atoms. The Bertz CT molecular complexity index is 343. The highest BCUT2D eigenvalue weighted by Gasteiger charge is 2.44. The van der Waals surface area contributed by atoms with Gasteiger partial charge >= 0.3 is 0 Å². The monoisotopic (exact) mass is 187 g/mol. The lowest BCUT2D eigenvalue weighted by Crippen LogP contribution is -2.09. The van der Waals surface area contributed by atoms with E-state index in [4.69, 9.17) is 5.73 Å². The van der Waals surface area contributed by atoms with E-state index in [-0.39, 0.29) is 17.8 Å². The highest BCUT2D eigenvalue weighted by molar-refractivity contribution is 5.48. The van der Waals surface area contributed by atoms with Crippen LogP contribution in [-0.2, 0) is 18.9 Å². The summed E-state index contributed by atoms with van der Waals surface area (Å²) in [4.78, 5) is 0. The maximum Gasteiger partial charge on any atom is 0.278 e. The van der Waals surface area contributed by atoms with E-state index in [9.17, 15) is 8.78 Å². The van der Waals surface area contributed by atoms with Crippen LogP contribution in [-0.4, -0.2) is 9.78 Å². The smallest absolute Gasteiger partial charge is 0.278 e. The Balaban J connectivity index is 2.59. The van der Waals surface area contributed by atoms with Gasteiger partial charge in [-0.1, -0.05) is 0 Å². The quantitative estimate of drug-likeness (QED) is 0.724. The summed E-state index contributed by atoms with van der Waals surface area (Å²) in [5, 5.41) is 3.86. The standard InChI is InChI=1S/C8H11F2N3/c1-2-13-5-3-4-8(9,10)6(5)7(11)12-13/h2-4H2,1H3,(H2,11,12). The van der Waals surface area contributed by atoms with Crippen molar-refractivity contribution in [2.24, 2.45) is 0 Å². The zero-order valence-electron chi connectivity index (χ0n) is 7.35. The van der Waals surface area contributed by atoms with Crippen LogP contribution in [0.3, 0.4) is 0 Å². The number of aryl methyl sites for hydroxylation is 1. The molecule has 0 saturated carbocycles. The minimum absolute atomic E-state index is 0.0145. The van der Waals surface area contributed by atoms with Crippen molar-refractivity contribution in [3.8, 4) is 0 Å². The molecule has 2 rings (SSSR count). The first-order chi connectivity index (χ1) is 6.06. The maximum absolute atomic E-state index is 13.2. The maximum atomic E-state index is 13.2. The molecule has 0 radical (unpaired) electrons. The molecule has 5 heteroatoms. The van der Waals surface area contributed by atoms with Crippen LogP contribution in [0.25, 0.3) is 0 Å². The average Bonchev–Trinajstić information content (AvgIpc) is 2.53. The van der Waals surface area contributed by atoms with Crippen molar-refractivity contribution in [2.75, 3.05) is 5.73 Å². The summed E-state index contributed by atoms with van der Waals surface area (Å²) in [5.41, 5.74) is 5.99. The number of fused-ring (bicyclic) bond motifs is 1. The van der Waals surface area contributed by atoms with Gasteiger partial charge in [0.15, 0.2) is 5.82 Å². The minimum Gasteiger partial charge on any atom is -0.382 e. The van der Waals surface area contributed by atoms with Gasteiger partial charge in [-0.2, -0.15) is 5.10 Å². The Morgan fingerprint density at radius 3 is 2.92 bits per heavy atom. The number of hydrogen-bond acceptors (Lipinski definition) is 2. The molecule has 1 aromatic rings. The minimum atomic E-state index is -2.77. The van der Waals surface area contributed by atoms with Crippen LogP contribution in [0.15, 0.2) is 0 Å². The fraction of sp³-hybridized carbons (Fsp3) is 0.625. The molecule has 0 spiro atoms. The van der Waals surface area contributed by atoms with Crippen LogP contribution in [0, 0.1) is 0 Å². The summed E-state index contributed by atoms with van der Waals surface area (Å²) in [6.45, 7) is 2.46. The van der Waals surface area contributed by atoms with Gasteiger partial charge in [0.25, 0.3) is 5.92 Å². The van der Waals surface area contributed by atoms with E-state index in [2.05, 4.69) is 5.10 Å². The predicted molar refractivity (Wildman–Crippen MR) is 44.5 cm³/mol. The molecule has 0 fully saturated rings. The molecule has 0 aliphatic heterocycles. The lowest BCUT2D eigenvalue weighted by Gasteiger charge is -2.07. The Morgan fingerprint density at radius 2 is 2.31 bits per heavy atom. The molecular formula is C8H11F2N3. The van der Waals surface area contributed by atoms with Crippen LogP contribution >= 0.6 is 0 Å². The van der Waals surface area contributed by atoms with Crippen LogP contribution in [0.1, 0.15) is 24.6 Å². The van der Waals surface area contributed by atoms with E-state index in [1.807, 2.05) is 6.92 Å². The van der Waals surface area contributed by atoms with Crippen LogP contribution in [0.5, 0.6) is 0 Å². The first kappa shape index (κ1) is 8.47. The fourth-order valence-corrected chi connectivity index (χ4v) is 1.83. The summed E-state index contributed by atoms with van der Waals surface area (Å²) < 4.78 is 28.0. The van der Waals surface area contributed by atoms with Crippen LogP contribution < -0.4 is 5.73 Å². The zero-order chi connectivity index (χ0) is 9.64. The highest BCUT2D eigenvalue weighted by atomic mass is 19.3. The first-order valence-electron chi connectivity index (χ1n) is 4.29. The summed E-state index contributed by atoms with van der Waals surface area (Å²) >= 11 is 0. The molecular weight excluding hydrogens is 176 g/mol. The summed E-state index contributed by atoms with van der Waals surface area (Å²) in [5.74, 6) is -2.79. The third-order valence-electron chi connectivity index (χ3n) is 2.43. The zero-order valence-corrected chi connectivity index (χ0v) is 7.35. The second-order valence-electron chi connectivity index (χ2n) is 3.23. The second-order valence-corrected chi connectivity index (χ2v) is 3.23. The number of aromatic nitrogens is 2. The summed E-state index contributed by atoms with van der Waals surface area (Å²) in [7, 11) is 0. The van der Waals surface area contributed by atoms with E-state index >= 15 is 0 Å². The first-order valence-corrected chi connectivity index (χ1v) is 4.29. The van der Waals surface area contributed by atoms with Crippen molar-refractivity contribution in [2.45, 2.75) is 32.2 Å². The van der Waals surface area contributed by atoms with Crippen molar-refractivity contribution in [3.05, 3.63) is 11.3 Å².